The fourth-order valence-corrected chi connectivity index (χ4v) is 4.35. The monoisotopic (exact) mass is 376 g/mol. The molecule has 4 rings (SSSR count). The first-order valence-corrected chi connectivity index (χ1v) is 9.88. The van der Waals surface area contributed by atoms with Gasteiger partial charge in [0.2, 0.25) is 6.17 Å². The molecule has 1 aliphatic rings. The highest BCUT2D eigenvalue weighted by Gasteiger charge is 2.41. The summed E-state index contributed by atoms with van der Waals surface area (Å²) in [6, 6.07) is 27.2. The molecule has 1 heterocycles. The molecule has 2 atom stereocenters. The van der Waals surface area contributed by atoms with Crippen molar-refractivity contribution >= 4 is 0 Å². The van der Waals surface area contributed by atoms with E-state index < -0.39 is 0 Å². The Hall–Kier alpha value is -2.82. The van der Waals surface area contributed by atoms with Gasteiger partial charge in [0.15, 0.2) is 11.5 Å². The van der Waals surface area contributed by atoms with E-state index in [1.165, 1.54) is 20.9 Å². The second kappa shape index (κ2) is 8.46. The summed E-state index contributed by atoms with van der Waals surface area (Å²) in [4.78, 5) is 3.06. The van der Waals surface area contributed by atoms with Crippen molar-refractivity contribution in [2.45, 2.75) is 19.3 Å². The van der Waals surface area contributed by atoms with E-state index in [4.69, 9.17) is 4.74 Å². The maximum absolute atomic E-state index is 10.4. The minimum atomic E-state index is 0.213. The van der Waals surface area contributed by atoms with Crippen LogP contribution >= 0.6 is 0 Å². The number of phenolic OH excluding ortho intramolecular Hbond substituents is 1. The zero-order valence-corrected chi connectivity index (χ0v) is 16.3. The third kappa shape index (κ3) is 4.03. The molecule has 4 nitrogen and oxygen atoms in total. The Morgan fingerprint density at radius 2 is 1.36 bits per heavy atom. The average Bonchev–Trinajstić information content (AvgIpc) is 3.11. The molecule has 2 unspecified atom stereocenters. The summed E-state index contributed by atoms with van der Waals surface area (Å²) in [5.74, 6) is 0.737. The fourth-order valence-electron chi connectivity index (χ4n) is 4.35. The number of aromatic hydroxyl groups is 1. The van der Waals surface area contributed by atoms with Gasteiger partial charge in [0.25, 0.3) is 0 Å². The molecule has 0 bridgehead atoms. The van der Waals surface area contributed by atoms with E-state index in [0.717, 1.165) is 31.7 Å². The first-order valence-electron chi connectivity index (χ1n) is 9.88. The molecule has 3 N–H and O–H groups in total. The summed E-state index contributed by atoms with van der Waals surface area (Å²) >= 11 is 0. The van der Waals surface area contributed by atoms with E-state index in [1.807, 2.05) is 12.1 Å². The van der Waals surface area contributed by atoms with E-state index in [9.17, 15) is 5.11 Å². The van der Waals surface area contributed by atoms with Gasteiger partial charge in [0.1, 0.15) is 26.2 Å². The van der Waals surface area contributed by atoms with Crippen LogP contribution in [0, 0.1) is 0 Å². The zero-order valence-electron chi connectivity index (χ0n) is 16.3. The Kier molecular flexibility index (Phi) is 5.60. The van der Waals surface area contributed by atoms with Gasteiger partial charge in [-0.05, 0) is 18.2 Å². The minimum absolute atomic E-state index is 0.213. The Labute approximate surface area is 166 Å². The summed E-state index contributed by atoms with van der Waals surface area (Å²) in [6.45, 7) is 4.18. The predicted octanol–water partition coefficient (Wildman–Crippen LogP) is 1.58. The van der Waals surface area contributed by atoms with E-state index in [1.54, 1.807) is 7.11 Å². The molecular formula is C24H28N2O2+2. The molecule has 1 aliphatic heterocycles. The van der Waals surface area contributed by atoms with Crippen LogP contribution in [0.3, 0.4) is 0 Å². The molecule has 0 aliphatic carbocycles. The summed E-state index contributed by atoms with van der Waals surface area (Å²) in [7, 11) is 1.59. The zero-order chi connectivity index (χ0) is 19.3. The maximum Gasteiger partial charge on any atom is 0.241 e. The number of benzene rings is 3. The van der Waals surface area contributed by atoms with Crippen molar-refractivity contribution in [2.24, 2.45) is 0 Å². The van der Waals surface area contributed by atoms with Crippen molar-refractivity contribution in [2.75, 3.05) is 20.2 Å². The van der Waals surface area contributed by atoms with E-state index in [-0.39, 0.29) is 11.9 Å². The largest absolute Gasteiger partial charge is 0.504 e. The van der Waals surface area contributed by atoms with Crippen LogP contribution in [0.2, 0.25) is 0 Å². The number of nitrogens with one attached hydrogen (secondary N) is 2. The van der Waals surface area contributed by atoms with Crippen LogP contribution in [0.4, 0.5) is 0 Å². The van der Waals surface area contributed by atoms with Crippen LogP contribution in [-0.2, 0) is 13.1 Å². The van der Waals surface area contributed by atoms with Gasteiger partial charge in [-0.15, -0.1) is 0 Å². The van der Waals surface area contributed by atoms with Crippen LogP contribution in [0.5, 0.6) is 11.5 Å². The van der Waals surface area contributed by atoms with Crippen LogP contribution in [0.1, 0.15) is 22.9 Å². The molecule has 0 spiro atoms. The van der Waals surface area contributed by atoms with Crippen molar-refractivity contribution in [1.29, 1.82) is 0 Å². The topological polar surface area (TPSA) is 38.3 Å². The lowest BCUT2D eigenvalue weighted by Crippen LogP contribution is -3.22. The third-order valence-electron chi connectivity index (χ3n) is 5.67. The van der Waals surface area contributed by atoms with Gasteiger partial charge >= 0.3 is 0 Å². The third-order valence-corrected chi connectivity index (χ3v) is 5.67. The summed E-state index contributed by atoms with van der Waals surface area (Å²) in [5, 5.41) is 10.4. The lowest BCUT2D eigenvalue weighted by atomic mass is 10.1. The van der Waals surface area contributed by atoms with Gasteiger partial charge in [-0.1, -0.05) is 60.7 Å². The summed E-state index contributed by atoms with van der Waals surface area (Å²) in [6.07, 6.45) is 0.275. The highest BCUT2D eigenvalue weighted by Crippen LogP contribution is 2.27. The van der Waals surface area contributed by atoms with E-state index in [0.29, 0.717) is 5.75 Å². The normalized spacial score (nSPS) is 21.5. The SMILES string of the molecule is COc1ccc(C2[NH+](Cc3ccccc3)CC[NH+]2Cc2ccccc2)cc1O. The van der Waals surface area contributed by atoms with Crippen molar-refractivity contribution in [3.63, 3.8) is 0 Å². The second-order valence-electron chi connectivity index (χ2n) is 7.51. The van der Waals surface area contributed by atoms with Crippen molar-refractivity contribution in [3.05, 3.63) is 95.6 Å². The van der Waals surface area contributed by atoms with Gasteiger partial charge < -0.3 is 9.84 Å². The van der Waals surface area contributed by atoms with Gasteiger partial charge in [-0.2, -0.15) is 0 Å². The smallest absolute Gasteiger partial charge is 0.241 e. The number of rotatable bonds is 6. The molecule has 3 aromatic rings. The van der Waals surface area contributed by atoms with E-state index in [2.05, 4.69) is 66.7 Å². The Balaban J connectivity index is 1.63. The molecule has 28 heavy (non-hydrogen) atoms. The van der Waals surface area contributed by atoms with Crippen molar-refractivity contribution in [3.8, 4) is 11.5 Å². The van der Waals surface area contributed by atoms with Crippen LogP contribution < -0.4 is 14.5 Å². The van der Waals surface area contributed by atoms with Crippen LogP contribution in [0.25, 0.3) is 0 Å². The molecule has 144 valence electrons. The lowest BCUT2D eigenvalue weighted by molar-refractivity contribution is -1.09. The van der Waals surface area contributed by atoms with Gasteiger partial charge in [-0.25, -0.2) is 0 Å². The van der Waals surface area contributed by atoms with Gasteiger partial charge in [-0.3, -0.25) is 9.80 Å². The molecule has 1 fully saturated rings. The van der Waals surface area contributed by atoms with Crippen LogP contribution in [0.15, 0.2) is 78.9 Å². The van der Waals surface area contributed by atoms with E-state index >= 15 is 0 Å². The molecule has 4 heteroatoms. The second-order valence-corrected chi connectivity index (χ2v) is 7.51. The highest BCUT2D eigenvalue weighted by atomic mass is 16.5. The van der Waals surface area contributed by atoms with Gasteiger partial charge in [0.05, 0.1) is 12.7 Å². The number of hydrogen-bond acceptors (Lipinski definition) is 2. The molecule has 3 aromatic carbocycles. The quantitative estimate of drug-likeness (QED) is 0.611. The Morgan fingerprint density at radius 1 is 0.821 bits per heavy atom. The first-order chi connectivity index (χ1) is 13.7. The fraction of sp³-hybridized carbons (Fsp3) is 0.250. The summed E-state index contributed by atoms with van der Waals surface area (Å²) < 4.78 is 5.24. The standard InChI is InChI=1S/C24H26N2O2/c1-28-23-13-12-21(16-22(23)27)24-25(17-19-8-4-2-5-9-19)14-15-26(24)18-20-10-6-3-7-11-20/h2-13,16,24,27H,14-15,17-18H2,1H3/p+2. The number of phenols is 1. The average molecular weight is 377 g/mol. The molecular weight excluding hydrogens is 348 g/mol. The highest BCUT2D eigenvalue weighted by molar-refractivity contribution is 5.42. The molecule has 0 aromatic heterocycles. The molecule has 0 amide bonds. The van der Waals surface area contributed by atoms with Gasteiger partial charge in [0, 0.05) is 11.1 Å². The number of hydrogen-bond donors (Lipinski definition) is 3. The maximum atomic E-state index is 10.4. The first kappa shape index (κ1) is 18.5. The molecule has 0 saturated carbocycles. The number of ether oxygens (including phenoxy) is 1. The minimum Gasteiger partial charge on any atom is -0.504 e. The Morgan fingerprint density at radius 3 is 1.82 bits per heavy atom. The summed E-state index contributed by atoms with van der Waals surface area (Å²) in [5.41, 5.74) is 3.86. The molecule has 0 radical (unpaired) electrons. The predicted molar refractivity (Wildman–Crippen MR) is 109 cm³/mol. The number of quaternary nitrogens is 2. The Bertz CT molecular complexity index is 849. The van der Waals surface area contributed by atoms with Crippen molar-refractivity contribution in [1.82, 2.24) is 0 Å². The van der Waals surface area contributed by atoms with Crippen LogP contribution in [-0.4, -0.2) is 25.3 Å². The number of methoxy groups -OCH3 is 1. The molecule has 1 saturated heterocycles. The van der Waals surface area contributed by atoms with Crippen molar-refractivity contribution < 1.29 is 19.6 Å². The lowest BCUT2D eigenvalue weighted by Gasteiger charge is -2.25.